The second-order valence-corrected chi connectivity index (χ2v) is 10.00. The second kappa shape index (κ2) is 19.1. The lowest BCUT2D eigenvalue weighted by molar-refractivity contribution is 0.0680. The molecule has 16 heteroatoms. The molecule has 6 rings (SSSR count). The fourth-order valence-electron chi connectivity index (χ4n) is 4.40. The lowest BCUT2D eigenvalue weighted by atomic mass is 10.0. The summed E-state index contributed by atoms with van der Waals surface area (Å²) in [4.78, 5) is 54.0. The number of nitrogens with zero attached hydrogens (tertiary/aromatic N) is 10. The Morgan fingerprint density at radius 3 is 1.64 bits per heavy atom. The summed E-state index contributed by atoms with van der Waals surface area (Å²) in [5.74, 6) is -0.309. The van der Waals surface area contributed by atoms with E-state index in [0.29, 0.717) is 28.4 Å². The predicted molar refractivity (Wildman–Crippen MR) is 191 cm³/mol. The summed E-state index contributed by atoms with van der Waals surface area (Å²) in [6.45, 7) is 14.4. The molecular formula is C34H47N11O5. The Balaban J connectivity index is 0.000000381. The molecule has 0 atom stereocenters. The Morgan fingerprint density at radius 2 is 1.18 bits per heavy atom. The number of ketones is 3. The van der Waals surface area contributed by atoms with Crippen molar-refractivity contribution in [1.82, 2.24) is 48.8 Å². The number of carbonyl (C=O) groups excluding carboxylic acids is 3. The summed E-state index contributed by atoms with van der Waals surface area (Å²) in [6, 6.07) is 7.23. The van der Waals surface area contributed by atoms with Crippen molar-refractivity contribution in [3.05, 3.63) is 88.8 Å². The molecule has 0 bridgehead atoms. The molecule has 50 heavy (non-hydrogen) atoms. The minimum absolute atomic E-state index is 0. The summed E-state index contributed by atoms with van der Waals surface area (Å²) >= 11 is 0. The van der Waals surface area contributed by atoms with Crippen LogP contribution >= 0.6 is 0 Å². The van der Waals surface area contributed by atoms with Crippen LogP contribution in [0.5, 0.6) is 0 Å². The van der Waals surface area contributed by atoms with Gasteiger partial charge in [-0.05, 0) is 51.5 Å². The van der Waals surface area contributed by atoms with Crippen LogP contribution < -0.4 is 5.73 Å². The molecule has 0 spiro atoms. The van der Waals surface area contributed by atoms with Gasteiger partial charge in [0.15, 0.2) is 34.3 Å². The van der Waals surface area contributed by atoms with Crippen LogP contribution in [0.2, 0.25) is 0 Å². The Labute approximate surface area is 291 Å². The van der Waals surface area contributed by atoms with Gasteiger partial charge in [-0.1, -0.05) is 35.1 Å². The van der Waals surface area contributed by atoms with E-state index < -0.39 is 5.97 Å². The van der Waals surface area contributed by atoms with Gasteiger partial charge in [-0.25, -0.2) is 23.8 Å². The number of aryl methyl sites for hydroxylation is 4. The molecule has 0 saturated carbocycles. The minimum Gasteiger partial charge on any atom is -0.477 e. The van der Waals surface area contributed by atoms with Crippen LogP contribution in [0.1, 0.15) is 108 Å². The fraction of sp³-hybridized carbons (Fsp3) is 0.353. The number of carbonyl (C=O) groups is 4. The van der Waals surface area contributed by atoms with Crippen molar-refractivity contribution in [2.24, 2.45) is 14.1 Å². The van der Waals surface area contributed by atoms with E-state index in [4.69, 9.17) is 10.8 Å². The molecule has 0 aliphatic rings. The number of hydrogen-bond acceptors (Lipinski definition) is 11. The molecular weight excluding hydrogens is 642 g/mol. The second-order valence-electron chi connectivity index (χ2n) is 10.00. The molecule has 0 aliphatic heterocycles. The summed E-state index contributed by atoms with van der Waals surface area (Å²) in [5.41, 5.74) is 9.34. The first-order chi connectivity index (χ1) is 23.2. The first kappa shape index (κ1) is 42.0. The van der Waals surface area contributed by atoms with Gasteiger partial charge in [0.05, 0.1) is 23.5 Å². The third kappa shape index (κ3) is 10.5. The fourth-order valence-corrected chi connectivity index (χ4v) is 4.40. The zero-order valence-corrected chi connectivity index (χ0v) is 29.5. The van der Waals surface area contributed by atoms with Crippen molar-refractivity contribution >= 4 is 40.3 Å². The number of anilines is 1. The Kier molecular flexibility index (Phi) is 16.0. The highest BCUT2D eigenvalue weighted by Crippen LogP contribution is 2.14. The van der Waals surface area contributed by atoms with E-state index in [2.05, 4.69) is 30.4 Å². The van der Waals surface area contributed by atoms with Crippen LogP contribution in [-0.2, 0) is 20.5 Å². The van der Waals surface area contributed by atoms with E-state index in [1.54, 1.807) is 40.6 Å². The van der Waals surface area contributed by atoms with Gasteiger partial charge in [0, 0.05) is 44.7 Å². The maximum absolute atomic E-state index is 12.5. The third-order valence-corrected chi connectivity index (χ3v) is 6.44. The summed E-state index contributed by atoms with van der Waals surface area (Å²) in [5, 5.41) is 24.6. The third-order valence-electron chi connectivity index (χ3n) is 6.44. The zero-order chi connectivity index (χ0) is 37.0. The van der Waals surface area contributed by atoms with Crippen molar-refractivity contribution in [2.75, 3.05) is 5.73 Å². The maximum Gasteiger partial charge on any atom is 0.354 e. The molecule has 0 amide bonds. The van der Waals surface area contributed by atoms with Gasteiger partial charge in [0.2, 0.25) is 0 Å². The van der Waals surface area contributed by atoms with E-state index in [9.17, 15) is 19.2 Å². The summed E-state index contributed by atoms with van der Waals surface area (Å²) in [6.07, 6.45) is 6.44. The predicted octanol–water partition coefficient (Wildman–Crippen LogP) is 5.03. The number of aromatic carboxylic acids is 1. The smallest absolute Gasteiger partial charge is 0.354 e. The molecule has 16 nitrogen and oxygen atoms in total. The van der Waals surface area contributed by atoms with Gasteiger partial charge in [-0.2, -0.15) is 20.4 Å². The highest BCUT2D eigenvalue weighted by atomic mass is 16.4. The number of carboxylic acid groups (broad SMARTS) is 1. The average Bonchev–Trinajstić information content (AvgIpc) is 3.83. The SMILES string of the molecule is C.CC.CC.CC(=O)c1cnn(C)c1C(=O)Cc1ccn2nc(C)nc2c1.CC(=O)c1cnn(C)c1C(=O)O.Cc1nc2cc(N)ccn2n1. The van der Waals surface area contributed by atoms with Gasteiger partial charge >= 0.3 is 5.97 Å². The van der Waals surface area contributed by atoms with Crippen LogP contribution in [0.4, 0.5) is 5.69 Å². The van der Waals surface area contributed by atoms with Crippen LogP contribution in [0, 0.1) is 13.8 Å². The lowest BCUT2D eigenvalue weighted by Gasteiger charge is -2.04. The van der Waals surface area contributed by atoms with Crippen molar-refractivity contribution in [3.8, 4) is 0 Å². The monoisotopic (exact) mass is 689 g/mol. The van der Waals surface area contributed by atoms with Gasteiger partial charge in [-0.3, -0.25) is 23.7 Å². The number of Topliss-reactive ketones (excluding diaryl/α,β-unsaturated/α-hetero) is 3. The van der Waals surface area contributed by atoms with Crippen LogP contribution in [-0.4, -0.2) is 77.2 Å². The average molecular weight is 690 g/mol. The number of rotatable bonds is 6. The van der Waals surface area contributed by atoms with Gasteiger partial charge < -0.3 is 10.8 Å². The number of nitrogens with two attached hydrogens (primary N) is 1. The van der Waals surface area contributed by atoms with Crippen molar-refractivity contribution in [2.45, 2.75) is 69.2 Å². The van der Waals surface area contributed by atoms with E-state index in [1.165, 1.54) is 42.7 Å². The number of fused-ring (bicyclic) bond motifs is 2. The highest BCUT2D eigenvalue weighted by Gasteiger charge is 2.20. The van der Waals surface area contributed by atoms with E-state index in [1.807, 2.05) is 53.7 Å². The maximum atomic E-state index is 12.5. The molecule has 0 radical (unpaired) electrons. The van der Waals surface area contributed by atoms with Crippen molar-refractivity contribution in [1.29, 1.82) is 0 Å². The van der Waals surface area contributed by atoms with E-state index >= 15 is 0 Å². The molecule has 0 aromatic carbocycles. The Morgan fingerprint density at radius 1 is 0.740 bits per heavy atom. The minimum atomic E-state index is -1.14. The normalized spacial score (nSPS) is 9.80. The van der Waals surface area contributed by atoms with E-state index in [0.717, 1.165) is 17.0 Å². The quantitative estimate of drug-likeness (QED) is 0.221. The molecule has 6 aromatic heterocycles. The Bertz CT molecular complexity index is 2070. The largest absolute Gasteiger partial charge is 0.477 e. The van der Waals surface area contributed by atoms with Gasteiger partial charge in [-0.15, -0.1) is 0 Å². The number of pyridine rings is 2. The number of aromatic nitrogens is 10. The summed E-state index contributed by atoms with van der Waals surface area (Å²) in [7, 11) is 3.14. The number of nitrogen functional groups attached to an aromatic ring is 1. The Hall–Kier alpha value is -6.06. The topological polar surface area (TPSA) is 211 Å². The first-order valence-corrected chi connectivity index (χ1v) is 15.5. The standard InChI is InChI=1S/C15H15N5O2.C7H8N4.C7H8N2O3.2C2H6.CH4/c1-9(21)12-8-16-19(3)15(12)13(22)6-11-4-5-20-14(7-11)17-10(2)18-20;1-5-9-7-4-6(8)2-3-11(7)10-5;1-4(10)5-3-8-9(2)6(5)7(11)12;2*1-2;/h4-5,7-8H,6H2,1-3H3;2-4H,8H2,1H3;3H,1-2H3,(H,11,12);2*1-2H3;1H4. The molecule has 6 heterocycles. The van der Waals surface area contributed by atoms with Gasteiger partial charge in [0.25, 0.3) is 0 Å². The van der Waals surface area contributed by atoms with Crippen molar-refractivity contribution in [3.63, 3.8) is 0 Å². The number of carboxylic acids is 1. The molecule has 268 valence electrons. The molecule has 3 N–H and O–H groups in total. The molecule has 0 aliphatic carbocycles. The molecule has 0 unspecified atom stereocenters. The molecule has 0 saturated heterocycles. The summed E-state index contributed by atoms with van der Waals surface area (Å²) < 4.78 is 5.97. The van der Waals surface area contributed by atoms with Crippen LogP contribution in [0.25, 0.3) is 11.3 Å². The van der Waals surface area contributed by atoms with Crippen LogP contribution in [0.15, 0.2) is 49.1 Å². The highest BCUT2D eigenvalue weighted by molar-refractivity contribution is 6.07. The van der Waals surface area contributed by atoms with Gasteiger partial charge in [0.1, 0.15) is 17.3 Å². The molecule has 0 fully saturated rings. The first-order valence-electron chi connectivity index (χ1n) is 15.5. The lowest BCUT2D eigenvalue weighted by Crippen LogP contribution is -2.13. The van der Waals surface area contributed by atoms with Crippen LogP contribution in [0.3, 0.4) is 0 Å². The van der Waals surface area contributed by atoms with E-state index in [-0.39, 0.29) is 42.5 Å². The number of hydrogen-bond donors (Lipinski definition) is 2. The molecule has 6 aromatic rings. The zero-order valence-electron chi connectivity index (χ0n) is 29.5. The van der Waals surface area contributed by atoms with Crippen molar-refractivity contribution < 1.29 is 24.3 Å².